The number of nitrogens with zero attached hydrogens (tertiary/aromatic N) is 1. The molecule has 0 aliphatic carbocycles. The Balaban J connectivity index is 1.69. The van der Waals surface area contributed by atoms with Gasteiger partial charge in [-0.2, -0.15) is 0 Å². The number of hydrogen-bond acceptors (Lipinski definition) is 3. The fourth-order valence-electron chi connectivity index (χ4n) is 3.27. The normalized spacial score (nSPS) is 16.3. The van der Waals surface area contributed by atoms with Crippen LogP contribution in [0.5, 0.6) is 0 Å². The molecular formula is C22H24F2N2O2S. The van der Waals surface area contributed by atoms with Gasteiger partial charge in [0.05, 0.1) is 11.4 Å². The van der Waals surface area contributed by atoms with Crippen LogP contribution in [0.25, 0.3) is 0 Å². The summed E-state index contributed by atoms with van der Waals surface area (Å²) in [7, 11) is 0. The molecule has 0 radical (unpaired) electrons. The van der Waals surface area contributed by atoms with E-state index in [1.165, 1.54) is 16.7 Å². The summed E-state index contributed by atoms with van der Waals surface area (Å²) < 4.78 is 27.8. The van der Waals surface area contributed by atoms with E-state index in [-0.39, 0.29) is 23.3 Å². The van der Waals surface area contributed by atoms with Crippen LogP contribution < -0.4 is 10.2 Å². The van der Waals surface area contributed by atoms with Crippen LogP contribution in [0, 0.1) is 11.6 Å². The van der Waals surface area contributed by atoms with E-state index in [0.717, 1.165) is 49.4 Å². The first-order valence-corrected chi connectivity index (χ1v) is 10.8. The molecule has 29 heavy (non-hydrogen) atoms. The standard InChI is InChI=1S/C22H24F2N2O2S/c1-2-3-4-5-6-20(27)25-17-10-7-15(8-11-17)22-26(21(28)14-29-22)19-13-16(23)9-12-18(19)24/h7-13,22H,2-6,14H2,1H3,(H,25,27)/t22-/m1/s1. The maximum atomic E-state index is 14.2. The molecule has 1 aliphatic rings. The highest BCUT2D eigenvalue weighted by atomic mass is 32.2. The summed E-state index contributed by atoms with van der Waals surface area (Å²) in [6.45, 7) is 2.13. The molecule has 2 aromatic carbocycles. The average Bonchev–Trinajstić information content (AvgIpc) is 3.09. The SMILES string of the molecule is CCCCCCC(=O)Nc1ccc([C@H]2SCC(=O)N2c2cc(F)ccc2F)cc1. The van der Waals surface area contributed by atoms with E-state index in [4.69, 9.17) is 0 Å². The van der Waals surface area contributed by atoms with E-state index < -0.39 is 17.0 Å². The summed E-state index contributed by atoms with van der Waals surface area (Å²) in [5.74, 6) is -1.34. The molecule has 1 aliphatic heterocycles. The van der Waals surface area contributed by atoms with Crippen LogP contribution >= 0.6 is 11.8 Å². The molecule has 1 heterocycles. The Labute approximate surface area is 173 Å². The predicted molar refractivity (Wildman–Crippen MR) is 113 cm³/mol. The van der Waals surface area contributed by atoms with Crippen molar-refractivity contribution < 1.29 is 18.4 Å². The molecule has 1 atom stereocenters. The molecule has 0 saturated carbocycles. The van der Waals surface area contributed by atoms with E-state index in [0.29, 0.717) is 12.1 Å². The van der Waals surface area contributed by atoms with Crippen molar-refractivity contribution in [3.8, 4) is 0 Å². The molecule has 2 aromatic rings. The lowest BCUT2D eigenvalue weighted by atomic mass is 10.1. The van der Waals surface area contributed by atoms with Crippen LogP contribution in [0.3, 0.4) is 0 Å². The predicted octanol–water partition coefficient (Wildman–Crippen LogP) is 5.65. The van der Waals surface area contributed by atoms with Gasteiger partial charge in [0, 0.05) is 18.2 Å². The zero-order valence-corrected chi connectivity index (χ0v) is 17.1. The van der Waals surface area contributed by atoms with E-state index in [1.54, 1.807) is 24.3 Å². The number of thioether (sulfide) groups is 1. The summed E-state index contributed by atoms with van der Waals surface area (Å²) in [6, 6.07) is 10.2. The number of nitrogens with one attached hydrogen (secondary N) is 1. The second kappa shape index (κ2) is 9.87. The molecule has 154 valence electrons. The zero-order valence-electron chi connectivity index (χ0n) is 16.3. The van der Waals surface area contributed by atoms with Crippen LogP contribution in [0.1, 0.15) is 50.0 Å². The Morgan fingerprint density at radius 1 is 1.14 bits per heavy atom. The van der Waals surface area contributed by atoms with Crippen LogP contribution in [-0.2, 0) is 9.59 Å². The van der Waals surface area contributed by atoms with E-state index in [2.05, 4.69) is 12.2 Å². The monoisotopic (exact) mass is 418 g/mol. The topological polar surface area (TPSA) is 49.4 Å². The second-order valence-corrected chi connectivity index (χ2v) is 8.07. The molecular weight excluding hydrogens is 394 g/mol. The third-order valence-corrected chi connectivity index (χ3v) is 5.98. The molecule has 0 bridgehead atoms. The van der Waals surface area contributed by atoms with Gasteiger partial charge < -0.3 is 5.32 Å². The van der Waals surface area contributed by atoms with Crippen molar-refractivity contribution in [2.24, 2.45) is 0 Å². The number of hydrogen-bond donors (Lipinski definition) is 1. The number of anilines is 2. The number of unbranched alkanes of at least 4 members (excludes halogenated alkanes) is 3. The van der Waals surface area contributed by atoms with Gasteiger partial charge >= 0.3 is 0 Å². The number of halogens is 2. The summed E-state index contributed by atoms with van der Waals surface area (Å²) in [6.07, 6.45) is 4.65. The van der Waals surface area contributed by atoms with E-state index in [9.17, 15) is 18.4 Å². The largest absolute Gasteiger partial charge is 0.326 e. The Hall–Kier alpha value is -2.41. The van der Waals surface area contributed by atoms with Gasteiger partial charge in [-0.25, -0.2) is 8.78 Å². The summed E-state index contributed by atoms with van der Waals surface area (Å²) in [5.41, 5.74) is 1.40. The molecule has 3 rings (SSSR count). The van der Waals surface area contributed by atoms with Gasteiger partial charge in [-0.1, -0.05) is 38.3 Å². The van der Waals surface area contributed by atoms with E-state index in [1.807, 2.05) is 0 Å². The van der Waals surface area contributed by atoms with E-state index >= 15 is 0 Å². The minimum Gasteiger partial charge on any atom is -0.326 e. The van der Waals surface area contributed by atoms with Gasteiger partial charge in [0.15, 0.2) is 0 Å². The van der Waals surface area contributed by atoms with Crippen LogP contribution in [-0.4, -0.2) is 17.6 Å². The van der Waals surface area contributed by atoms with Crippen molar-refractivity contribution in [2.75, 3.05) is 16.0 Å². The van der Waals surface area contributed by atoms with Crippen LogP contribution in [0.4, 0.5) is 20.2 Å². The lowest BCUT2D eigenvalue weighted by molar-refractivity contribution is -0.116. The minimum absolute atomic E-state index is 0.0252. The average molecular weight is 419 g/mol. The molecule has 1 saturated heterocycles. The van der Waals surface area contributed by atoms with Crippen molar-refractivity contribution in [2.45, 2.75) is 44.4 Å². The maximum Gasteiger partial charge on any atom is 0.238 e. The summed E-state index contributed by atoms with van der Waals surface area (Å²) in [5, 5.41) is 2.42. The molecule has 0 spiro atoms. The molecule has 7 heteroatoms. The van der Waals surface area contributed by atoms with Crippen molar-refractivity contribution in [3.05, 3.63) is 59.7 Å². The Bertz CT molecular complexity index is 874. The second-order valence-electron chi connectivity index (χ2n) is 7.00. The third kappa shape index (κ3) is 5.35. The van der Waals surface area contributed by atoms with Crippen molar-refractivity contribution in [1.82, 2.24) is 0 Å². The van der Waals surface area contributed by atoms with Crippen LogP contribution in [0.2, 0.25) is 0 Å². The quantitative estimate of drug-likeness (QED) is 0.564. The molecule has 1 fully saturated rings. The number of carbonyl (C=O) groups is 2. The molecule has 0 unspecified atom stereocenters. The first-order valence-electron chi connectivity index (χ1n) is 9.78. The highest BCUT2D eigenvalue weighted by molar-refractivity contribution is 8.00. The first-order chi connectivity index (χ1) is 14.0. The molecule has 4 nitrogen and oxygen atoms in total. The van der Waals surface area contributed by atoms with Gasteiger partial charge in [0.25, 0.3) is 0 Å². The third-order valence-electron chi connectivity index (χ3n) is 4.77. The fourth-order valence-corrected chi connectivity index (χ4v) is 4.44. The molecule has 2 amide bonds. The van der Waals surface area contributed by atoms with Crippen LogP contribution in [0.15, 0.2) is 42.5 Å². The van der Waals surface area contributed by atoms with Crippen molar-refractivity contribution >= 4 is 35.0 Å². The molecule has 0 aromatic heterocycles. The lowest BCUT2D eigenvalue weighted by Crippen LogP contribution is -2.28. The zero-order chi connectivity index (χ0) is 20.8. The Morgan fingerprint density at radius 2 is 1.90 bits per heavy atom. The number of benzene rings is 2. The number of rotatable bonds is 8. The van der Waals surface area contributed by atoms with Gasteiger partial charge in [0.2, 0.25) is 11.8 Å². The maximum absolute atomic E-state index is 14.2. The first kappa shape index (κ1) is 21.3. The summed E-state index contributed by atoms with van der Waals surface area (Å²) >= 11 is 1.36. The van der Waals surface area contributed by atoms with Crippen molar-refractivity contribution in [3.63, 3.8) is 0 Å². The van der Waals surface area contributed by atoms with Gasteiger partial charge in [-0.3, -0.25) is 14.5 Å². The van der Waals surface area contributed by atoms with Gasteiger partial charge in [-0.15, -0.1) is 11.8 Å². The smallest absolute Gasteiger partial charge is 0.238 e. The van der Waals surface area contributed by atoms with Crippen molar-refractivity contribution in [1.29, 1.82) is 0 Å². The summed E-state index contributed by atoms with van der Waals surface area (Å²) in [4.78, 5) is 25.7. The Morgan fingerprint density at radius 3 is 2.62 bits per heavy atom. The number of carbonyl (C=O) groups excluding carboxylic acids is 2. The Kier molecular flexibility index (Phi) is 7.25. The highest BCUT2D eigenvalue weighted by Crippen LogP contribution is 2.42. The molecule has 1 N–H and O–H groups in total. The van der Waals surface area contributed by atoms with Gasteiger partial charge in [0.1, 0.15) is 17.0 Å². The highest BCUT2D eigenvalue weighted by Gasteiger charge is 2.35. The minimum atomic E-state index is -0.640. The van der Waals surface area contributed by atoms with Gasteiger partial charge in [-0.05, 0) is 36.2 Å². The lowest BCUT2D eigenvalue weighted by Gasteiger charge is -2.25. The number of amides is 2. The fraction of sp³-hybridized carbons (Fsp3) is 0.364.